The minimum Gasteiger partial charge on any atom is -0.469 e. The summed E-state index contributed by atoms with van der Waals surface area (Å²) in [6, 6.07) is 68.2. The second kappa shape index (κ2) is 19.4. The maximum atomic E-state index is 11.8. The Kier molecular flexibility index (Phi) is 12.3. The van der Waals surface area contributed by atoms with Crippen molar-refractivity contribution in [1.82, 2.24) is 9.97 Å². The molecule has 2 heterocycles. The van der Waals surface area contributed by atoms with E-state index in [9.17, 15) is 9.59 Å². The van der Waals surface area contributed by atoms with E-state index in [1.807, 2.05) is 0 Å². The van der Waals surface area contributed by atoms with Gasteiger partial charge in [0, 0.05) is 57.5 Å². The first-order chi connectivity index (χ1) is 34.4. The first kappa shape index (κ1) is 44.3. The predicted octanol–water partition coefficient (Wildman–Crippen LogP) is 15.7. The largest absolute Gasteiger partial charge is 0.469 e. The second-order valence-corrected chi connectivity index (χ2v) is 19.1. The summed E-state index contributed by atoms with van der Waals surface area (Å²) in [4.78, 5) is 38.6. The number of aryl methyl sites for hydroxylation is 2. The lowest BCUT2D eigenvalue weighted by Gasteiger charge is -2.27. The van der Waals surface area contributed by atoms with Gasteiger partial charge in [0.2, 0.25) is 0 Å². The Bertz CT molecular complexity index is 3380. The number of fused-ring (bicyclic) bond motifs is 4. The number of methoxy groups -OCH3 is 2. The van der Waals surface area contributed by atoms with Gasteiger partial charge in [0.15, 0.2) is 0 Å². The van der Waals surface area contributed by atoms with Crippen molar-refractivity contribution in [2.45, 2.75) is 25.7 Å². The lowest BCUT2D eigenvalue weighted by atomic mass is 10.0. The molecule has 9 aromatic carbocycles. The predicted molar refractivity (Wildman–Crippen MR) is 289 cm³/mol. The SMILES string of the molecule is COC(=O)CCc1ccc(N(c2ccc(-c3nc4cc5sc(-c6ccc(N(c7ccc(CCC(=O)OC)cc7)c7cccc8ccccc78)cc6)nc5cc4s3)cc2)c2cccc3ccccc23)cc1. The monoisotopic (exact) mass is 950 g/mol. The molecule has 70 heavy (non-hydrogen) atoms. The number of thiazole rings is 2. The molecule has 11 aromatic rings. The van der Waals surface area contributed by atoms with Crippen molar-refractivity contribution < 1.29 is 19.1 Å². The number of carbonyl (C=O) groups is 2. The number of ether oxygens (including phenoxy) is 2. The highest BCUT2D eigenvalue weighted by Gasteiger charge is 2.19. The molecule has 0 unspecified atom stereocenters. The highest BCUT2D eigenvalue weighted by atomic mass is 32.1. The summed E-state index contributed by atoms with van der Waals surface area (Å²) in [6.07, 6.45) is 1.92. The van der Waals surface area contributed by atoms with E-state index in [1.165, 1.54) is 25.0 Å². The Labute approximate surface area is 413 Å². The van der Waals surface area contributed by atoms with Crippen LogP contribution in [0.3, 0.4) is 0 Å². The van der Waals surface area contributed by atoms with Crippen molar-refractivity contribution in [1.29, 1.82) is 0 Å². The first-order valence-corrected chi connectivity index (χ1v) is 24.8. The number of nitrogens with zero attached hydrogens (tertiary/aromatic N) is 4. The fraction of sp³-hybridized carbons (Fsp3) is 0.100. The van der Waals surface area contributed by atoms with E-state index in [0.717, 1.165) is 97.6 Å². The number of benzene rings is 9. The van der Waals surface area contributed by atoms with Crippen LogP contribution in [0.15, 0.2) is 194 Å². The Morgan fingerprint density at radius 2 is 0.800 bits per heavy atom. The Morgan fingerprint density at radius 3 is 1.19 bits per heavy atom. The van der Waals surface area contributed by atoms with Crippen LogP contribution in [0.1, 0.15) is 24.0 Å². The number of anilines is 6. The van der Waals surface area contributed by atoms with E-state index < -0.39 is 0 Å². The van der Waals surface area contributed by atoms with E-state index >= 15 is 0 Å². The van der Waals surface area contributed by atoms with Crippen LogP contribution in [-0.2, 0) is 31.9 Å². The molecule has 8 nitrogen and oxygen atoms in total. The standard InChI is InChI=1S/C60H46N4O4S2/c1-67-57(65)35-21-39-17-27-45(28-18-39)63(53-15-7-11-41-9-3-5-13-49(41)53)47-31-23-43(24-32-47)59-61-51-37-56-52(38-55(51)69-59)62-60(70-56)44-25-33-48(34-26-44)64(54-16-8-12-42-10-4-6-14-50(42)54)46-29-19-40(20-30-46)22-36-58(66)68-2/h3-20,23-34,37-38H,21-22,35-36H2,1-2H3. The number of carbonyl (C=O) groups excluding carboxylic acids is 2. The Balaban J connectivity index is 0.865. The molecule has 0 fully saturated rings. The summed E-state index contributed by atoms with van der Waals surface area (Å²) in [5.74, 6) is -0.425. The van der Waals surface area contributed by atoms with Crippen LogP contribution < -0.4 is 9.80 Å². The third-order valence-corrected chi connectivity index (χ3v) is 14.9. The third-order valence-electron chi connectivity index (χ3n) is 12.7. The first-order valence-electron chi connectivity index (χ1n) is 23.2. The average Bonchev–Trinajstić information content (AvgIpc) is 4.03. The summed E-state index contributed by atoms with van der Waals surface area (Å²) >= 11 is 3.35. The van der Waals surface area contributed by atoms with Crippen molar-refractivity contribution in [3.05, 3.63) is 205 Å². The van der Waals surface area contributed by atoms with Gasteiger partial charge in [-0.25, -0.2) is 9.97 Å². The number of esters is 2. The second-order valence-electron chi connectivity index (χ2n) is 17.1. The topological polar surface area (TPSA) is 84.9 Å². The van der Waals surface area contributed by atoms with E-state index in [0.29, 0.717) is 25.7 Å². The van der Waals surface area contributed by atoms with Gasteiger partial charge >= 0.3 is 11.9 Å². The summed E-state index contributed by atoms with van der Waals surface area (Å²) in [5, 5.41) is 6.54. The van der Waals surface area contributed by atoms with E-state index in [4.69, 9.17) is 19.4 Å². The molecule has 0 atom stereocenters. The maximum Gasteiger partial charge on any atom is 0.305 e. The number of hydrogen-bond acceptors (Lipinski definition) is 10. The quantitative estimate of drug-likeness (QED) is 0.0997. The number of aromatic nitrogens is 2. The van der Waals surface area contributed by atoms with Crippen molar-refractivity contribution >= 4 is 111 Å². The molecule has 0 spiro atoms. The van der Waals surface area contributed by atoms with Gasteiger partial charge in [-0.3, -0.25) is 9.59 Å². The van der Waals surface area contributed by atoms with Crippen molar-refractivity contribution in [2.75, 3.05) is 24.0 Å². The highest BCUT2D eigenvalue weighted by molar-refractivity contribution is 7.23. The summed E-state index contributed by atoms with van der Waals surface area (Å²) < 4.78 is 11.9. The zero-order valence-corrected chi connectivity index (χ0v) is 40.2. The van der Waals surface area contributed by atoms with Gasteiger partial charge in [-0.05, 0) is 132 Å². The average molecular weight is 951 g/mol. The van der Waals surface area contributed by atoms with E-state index in [2.05, 4.69) is 204 Å². The van der Waals surface area contributed by atoms with Gasteiger partial charge in [0.05, 0.1) is 46.0 Å². The smallest absolute Gasteiger partial charge is 0.305 e. The molecule has 2 aromatic heterocycles. The van der Waals surface area contributed by atoms with Crippen LogP contribution in [0.25, 0.3) is 63.1 Å². The minimum absolute atomic E-state index is 0.212. The molecule has 0 amide bonds. The lowest BCUT2D eigenvalue weighted by molar-refractivity contribution is -0.141. The fourth-order valence-corrected chi connectivity index (χ4v) is 11.1. The molecule has 0 radical (unpaired) electrons. The lowest BCUT2D eigenvalue weighted by Crippen LogP contribution is -2.10. The molecule has 0 saturated heterocycles. The van der Waals surface area contributed by atoms with Crippen LogP contribution in [0.4, 0.5) is 34.1 Å². The van der Waals surface area contributed by atoms with Crippen LogP contribution in [0.5, 0.6) is 0 Å². The summed E-state index contributed by atoms with van der Waals surface area (Å²) in [5.41, 5.74) is 12.4. The van der Waals surface area contributed by atoms with Gasteiger partial charge in [0.1, 0.15) is 10.0 Å². The zero-order chi connectivity index (χ0) is 47.6. The normalized spacial score (nSPS) is 11.3. The van der Waals surface area contributed by atoms with Crippen LogP contribution in [-0.4, -0.2) is 36.1 Å². The molecule has 0 aliphatic carbocycles. The number of rotatable bonds is 14. The van der Waals surface area contributed by atoms with Crippen molar-refractivity contribution in [3.8, 4) is 21.1 Å². The molecular formula is C60H46N4O4S2. The molecule has 0 aliphatic rings. The highest BCUT2D eigenvalue weighted by Crippen LogP contribution is 2.43. The van der Waals surface area contributed by atoms with Gasteiger partial charge in [-0.15, -0.1) is 22.7 Å². The zero-order valence-electron chi connectivity index (χ0n) is 38.5. The summed E-state index contributed by atoms with van der Waals surface area (Å²) in [7, 11) is 2.85. The van der Waals surface area contributed by atoms with Gasteiger partial charge in [-0.1, -0.05) is 97.1 Å². The maximum absolute atomic E-state index is 11.8. The minimum atomic E-state index is -0.212. The Morgan fingerprint density at radius 1 is 0.443 bits per heavy atom. The summed E-state index contributed by atoms with van der Waals surface area (Å²) in [6.45, 7) is 0. The number of hydrogen-bond donors (Lipinski definition) is 0. The van der Waals surface area contributed by atoms with E-state index in [-0.39, 0.29) is 11.9 Å². The molecule has 0 saturated carbocycles. The molecule has 11 rings (SSSR count). The van der Waals surface area contributed by atoms with Gasteiger partial charge in [0.25, 0.3) is 0 Å². The Hall–Kier alpha value is -8.18. The molecule has 10 heteroatoms. The molecule has 0 N–H and O–H groups in total. The molecule has 342 valence electrons. The van der Waals surface area contributed by atoms with Gasteiger partial charge < -0.3 is 19.3 Å². The molecular weight excluding hydrogens is 905 g/mol. The van der Waals surface area contributed by atoms with Gasteiger partial charge in [-0.2, -0.15) is 0 Å². The van der Waals surface area contributed by atoms with Crippen molar-refractivity contribution in [2.24, 2.45) is 0 Å². The van der Waals surface area contributed by atoms with Crippen molar-refractivity contribution in [3.63, 3.8) is 0 Å². The van der Waals surface area contributed by atoms with Crippen LogP contribution >= 0.6 is 22.7 Å². The third kappa shape index (κ3) is 8.98. The van der Waals surface area contributed by atoms with E-state index in [1.54, 1.807) is 22.7 Å². The van der Waals surface area contributed by atoms with Crippen LogP contribution in [0.2, 0.25) is 0 Å². The fourth-order valence-electron chi connectivity index (χ4n) is 9.08. The molecule has 0 aliphatic heterocycles. The molecule has 0 bridgehead atoms. The van der Waals surface area contributed by atoms with Crippen LogP contribution in [0, 0.1) is 0 Å².